The summed E-state index contributed by atoms with van der Waals surface area (Å²) in [4.78, 5) is 113. The molecule has 12 heterocycles. The predicted octanol–water partition coefficient (Wildman–Crippen LogP) is 12.8. The summed E-state index contributed by atoms with van der Waals surface area (Å²) in [6.45, 7) is 31.5. The molecule has 0 saturated carbocycles. The quantitative estimate of drug-likeness (QED) is 0.0331. The largest absolute Gasteiger partial charge is 0.396 e. The van der Waals surface area contributed by atoms with Crippen LogP contribution in [0.15, 0.2) is 122 Å². The maximum Gasteiger partial charge on any atom is 0.231 e. The minimum Gasteiger partial charge on any atom is -0.396 e. The van der Waals surface area contributed by atoms with E-state index < -0.39 is 30.0 Å². The smallest absolute Gasteiger partial charge is 0.231 e. The Labute approximate surface area is 837 Å². The summed E-state index contributed by atoms with van der Waals surface area (Å²) in [5.41, 5.74) is 10.4. The molecule has 12 aliphatic rings. The van der Waals surface area contributed by atoms with Gasteiger partial charge in [-0.3, -0.25) is 29.0 Å². The van der Waals surface area contributed by atoms with Crippen LogP contribution in [0.25, 0.3) is 0 Å². The van der Waals surface area contributed by atoms with Crippen LogP contribution < -0.4 is 30.2 Å². The van der Waals surface area contributed by atoms with Gasteiger partial charge >= 0.3 is 0 Å². The third-order valence-corrected chi connectivity index (χ3v) is 32.0. The summed E-state index contributed by atoms with van der Waals surface area (Å²) in [5, 5.41) is 71.2. The summed E-state index contributed by atoms with van der Waals surface area (Å²) >= 11 is 24.6. The molecule has 8 N–H and O–H groups in total. The van der Waals surface area contributed by atoms with Gasteiger partial charge in [-0.25, -0.2) is 39.9 Å². The maximum atomic E-state index is 14.1. The Bertz CT molecular complexity index is 5540. The van der Waals surface area contributed by atoms with E-state index in [4.69, 9.17) is 46.4 Å². The molecule has 4 amide bonds. The van der Waals surface area contributed by atoms with Crippen molar-refractivity contribution >= 4 is 93.3 Å². The molecule has 30 nitrogen and oxygen atoms in total. The lowest BCUT2D eigenvalue weighted by Crippen LogP contribution is -2.53. The molecule has 0 unspecified atom stereocenters. The van der Waals surface area contributed by atoms with Gasteiger partial charge in [-0.1, -0.05) is 123 Å². The molecule has 139 heavy (non-hydrogen) atoms. The van der Waals surface area contributed by atoms with E-state index in [1.54, 1.807) is 25.3 Å². The van der Waals surface area contributed by atoms with Crippen molar-refractivity contribution in [2.24, 2.45) is 0 Å². The van der Waals surface area contributed by atoms with Gasteiger partial charge in [0.1, 0.15) is 48.6 Å². The molecule has 4 aromatic heterocycles. The van der Waals surface area contributed by atoms with E-state index in [0.29, 0.717) is 137 Å². The van der Waals surface area contributed by atoms with E-state index >= 15 is 0 Å². The van der Waals surface area contributed by atoms with Crippen molar-refractivity contribution in [3.8, 4) is 0 Å². The van der Waals surface area contributed by atoms with E-state index in [1.165, 1.54) is 0 Å². The normalized spacial score (nSPS) is 26.0. The number of hydrogen-bond acceptors (Lipinski definition) is 26. The molecule has 8 aliphatic heterocycles. The zero-order valence-corrected chi connectivity index (χ0v) is 84.4. The molecule has 16 atom stereocenters. The van der Waals surface area contributed by atoms with Crippen LogP contribution in [0.3, 0.4) is 0 Å². The Kier molecular flexibility index (Phi) is 32.5. The highest BCUT2D eigenvalue weighted by Crippen LogP contribution is 2.49. The molecule has 746 valence electrons. The molecule has 0 bridgehead atoms. The molecule has 4 aliphatic carbocycles. The molecular weight excluding hydrogens is 1840 g/mol. The van der Waals surface area contributed by atoms with Crippen molar-refractivity contribution in [3.05, 3.63) is 210 Å². The highest BCUT2D eigenvalue weighted by atomic mass is 35.5. The third-order valence-electron chi connectivity index (χ3n) is 31.0. The van der Waals surface area contributed by atoms with Crippen LogP contribution >= 0.6 is 46.4 Å². The SMILES string of the molecule is C[C@@H]1C[C@@H](O)c2ncnc(N3CCN(C(=O)[C@@H](c4ccc(Cl)cc4)[C@@H]4CCC(C)(C)N4)CC3)c21.C[C@@H]1C[C@@H](O)c2ncnc(N3CCN(C(=O)[C@@H](c4ccc(Cl)cc4)[C@@H]4CCCN4CC(C)(C)O)CC3)c21.C[C@@H]1C[C@@H](O)c2ncnc(N3CCN(C(=O)[C@@H](c4ccc(Cl)cc4)[C@@H]4CCCN4CCCO)CC3)c21.C[C@@H]1C[C@@H](O)c2ncnc(N3CCN(C(=O)[C@@H](c4ccc(Cl)cc4)[C@H]4CCCN4)CC3)c21. The molecule has 0 spiro atoms. The van der Waals surface area contributed by atoms with Crippen LogP contribution in [-0.4, -0.2) is 303 Å². The first kappa shape index (κ1) is 102. The van der Waals surface area contributed by atoms with E-state index in [2.05, 4.69) is 121 Å². The number of hydrogen-bond donors (Lipinski definition) is 8. The maximum absolute atomic E-state index is 14.1. The number of anilines is 4. The van der Waals surface area contributed by atoms with E-state index in [9.17, 15) is 49.8 Å². The van der Waals surface area contributed by atoms with Gasteiger partial charge in [0, 0.05) is 196 Å². The highest BCUT2D eigenvalue weighted by molar-refractivity contribution is 6.31. The Morgan fingerprint density at radius 3 is 0.978 bits per heavy atom. The standard InChI is InChI=1S/C28H38ClN5O3.C27H36ClN5O3.C26H34ClN5O2.C24H30ClN5O2/c1-18-15-22(35)25-23(18)26(31-17-30-25)32-11-13-33(14-12-32)27(36)24(19-6-8-20(29)9-7-19)21-5-4-10-34(21)16-28(2,3)37;1-18-16-22(35)25-23(18)26(30-17-29-25)32-11-13-33(14-12-32)27(36)24(19-5-7-20(28)8-6-19)21-4-2-9-31(21)10-3-15-34;1-16-14-20(33)23-21(16)24(29-15-28-23)31-10-12-32(13-11-31)25(34)22(17-4-6-18(27)7-5-17)19-8-9-26(2,3)30-19;1-15-13-19(31)22-20(15)23(28-14-27-22)29-9-11-30(12-10-29)24(32)21(18-3-2-8-26-18)16-4-6-17(25)7-5-16/h6-9,17-18,21-22,24,35,37H,4-5,10-16H2,1-3H3;5-8,17-18,21-22,24,34-35H,2-4,9-16H2,1H3;4-7,15-16,19-20,22,30,33H,8-14H2,1-3H3;4-7,14-15,18-19,21,26,31H,2-3,8-13H2,1H3/t2*18-,21+,22-,24+;16-,19+,20-,22+;15-,18-,19-,21+/m1111/s1. The molecule has 0 radical (unpaired) electrons. The molecule has 8 fully saturated rings. The minimum atomic E-state index is -0.829. The van der Waals surface area contributed by atoms with Gasteiger partial charge in [-0.2, -0.15) is 0 Å². The van der Waals surface area contributed by atoms with Crippen molar-refractivity contribution in [1.82, 2.24) is 79.9 Å². The minimum absolute atomic E-state index is 0.0307. The van der Waals surface area contributed by atoms with Gasteiger partial charge in [-0.15, -0.1) is 0 Å². The number of fused-ring (bicyclic) bond motifs is 4. The summed E-state index contributed by atoms with van der Waals surface area (Å²) in [6, 6.07) is 31.2. The monoisotopic (exact) mass is 1980 g/mol. The van der Waals surface area contributed by atoms with Crippen LogP contribution in [0.2, 0.25) is 20.1 Å². The summed E-state index contributed by atoms with van der Waals surface area (Å²) in [7, 11) is 0. The number of nitrogens with one attached hydrogen (secondary N) is 2. The number of nitrogens with zero attached hydrogens (tertiary/aromatic N) is 18. The number of likely N-dealkylation sites (tertiary alicyclic amines) is 2. The van der Waals surface area contributed by atoms with Gasteiger partial charge in [0.2, 0.25) is 23.6 Å². The zero-order chi connectivity index (χ0) is 97.8. The number of β-amino-alcohol motifs (C(OH)–C–C–N with tert-alkyl or cyclic N) is 1. The fourth-order valence-electron chi connectivity index (χ4n) is 24.1. The predicted molar refractivity (Wildman–Crippen MR) is 540 cm³/mol. The van der Waals surface area contributed by atoms with Crippen molar-refractivity contribution in [2.75, 3.05) is 164 Å². The van der Waals surface area contributed by atoms with Crippen LogP contribution in [0.4, 0.5) is 23.3 Å². The van der Waals surface area contributed by atoms with E-state index in [1.807, 2.05) is 131 Å². The number of carbonyl (C=O) groups excluding carboxylic acids is 4. The first-order chi connectivity index (χ1) is 66.9. The van der Waals surface area contributed by atoms with Gasteiger partial charge < -0.3 is 80.5 Å². The second-order valence-electron chi connectivity index (χ2n) is 41.7. The molecule has 4 aromatic carbocycles. The van der Waals surface area contributed by atoms with Gasteiger partial charge in [0.15, 0.2) is 0 Å². The number of carbonyl (C=O) groups is 4. The van der Waals surface area contributed by atoms with Crippen molar-refractivity contribution in [3.63, 3.8) is 0 Å². The summed E-state index contributed by atoms with van der Waals surface area (Å²) in [6.07, 6.45) is 15.6. The average molecular weight is 1980 g/mol. The second kappa shape index (κ2) is 44.5. The first-order valence-electron chi connectivity index (χ1n) is 50.5. The molecule has 8 aromatic rings. The first-order valence-corrected chi connectivity index (χ1v) is 52.0. The number of piperazine rings is 4. The fraction of sp³-hybridized carbons (Fsp3) is 0.581. The number of rotatable bonds is 21. The molecular formula is C105H138Cl4N20O10. The summed E-state index contributed by atoms with van der Waals surface area (Å²) < 4.78 is 0. The molecule has 34 heteroatoms. The lowest BCUT2D eigenvalue weighted by Gasteiger charge is -2.40. The number of halogens is 4. The lowest BCUT2D eigenvalue weighted by molar-refractivity contribution is -0.135. The van der Waals surface area contributed by atoms with Gasteiger partial charge in [0.05, 0.1) is 76.5 Å². The van der Waals surface area contributed by atoms with E-state index in [-0.39, 0.29) is 107 Å². The molecule has 8 saturated heterocycles. The fourth-order valence-corrected chi connectivity index (χ4v) is 24.6. The van der Waals surface area contributed by atoms with Crippen LogP contribution in [0.5, 0.6) is 0 Å². The topological polar surface area (TPSA) is 349 Å². The average Bonchev–Trinajstić information content (AvgIpc) is 1.75. The number of aliphatic hydroxyl groups is 6. The second-order valence-corrected chi connectivity index (χ2v) is 43.4. The van der Waals surface area contributed by atoms with Crippen molar-refractivity contribution in [1.29, 1.82) is 0 Å². The van der Waals surface area contributed by atoms with Gasteiger partial charge in [-0.05, 0) is 225 Å². The number of amides is 4. The van der Waals surface area contributed by atoms with Crippen LogP contribution in [0, 0.1) is 0 Å². The summed E-state index contributed by atoms with van der Waals surface area (Å²) in [5.74, 6) is 4.16. The third kappa shape index (κ3) is 22.8. The Hall–Kier alpha value is -8.96. The zero-order valence-electron chi connectivity index (χ0n) is 81.4. The lowest BCUT2D eigenvalue weighted by atomic mass is 9.87. The number of aliphatic hydroxyl groups excluding tert-OH is 5. The van der Waals surface area contributed by atoms with Crippen molar-refractivity contribution in [2.45, 2.75) is 246 Å². The Morgan fingerprint density at radius 2 is 0.691 bits per heavy atom. The van der Waals surface area contributed by atoms with E-state index in [0.717, 1.165) is 194 Å². The van der Waals surface area contributed by atoms with Crippen molar-refractivity contribution < 1.29 is 49.8 Å². The number of benzene rings is 4. The highest BCUT2D eigenvalue weighted by Gasteiger charge is 2.48. The Morgan fingerprint density at radius 1 is 0.396 bits per heavy atom. The number of aromatic nitrogens is 8. The van der Waals surface area contributed by atoms with Crippen LogP contribution in [0.1, 0.15) is 278 Å². The molecule has 20 rings (SSSR count). The van der Waals surface area contributed by atoms with Crippen LogP contribution in [-0.2, 0) is 19.2 Å². The Balaban J connectivity index is 0.000000128. The van der Waals surface area contributed by atoms with Gasteiger partial charge in [0.25, 0.3) is 0 Å².